The average molecular weight is 501 g/mol. The van der Waals surface area contributed by atoms with E-state index in [-0.39, 0.29) is 11.8 Å². The Bertz CT molecular complexity index is 1010. The predicted octanol–water partition coefficient (Wildman–Crippen LogP) is 3.97. The topological polar surface area (TPSA) is 96.2 Å². The molecule has 1 aliphatic heterocycles. The van der Waals surface area contributed by atoms with Gasteiger partial charge >= 0.3 is 0 Å². The average Bonchev–Trinajstić information content (AvgIpc) is 3.20. The Morgan fingerprint density at radius 3 is 2.38 bits per heavy atom. The summed E-state index contributed by atoms with van der Waals surface area (Å²) in [5.74, 6) is -0.0458. The molecule has 2 aromatic carbocycles. The van der Waals surface area contributed by atoms with Gasteiger partial charge in [-0.25, -0.2) is 0 Å². The summed E-state index contributed by atoms with van der Waals surface area (Å²) in [6.07, 6.45) is 14.1. The lowest BCUT2D eigenvalue weighted by Gasteiger charge is -2.20. The van der Waals surface area contributed by atoms with Crippen molar-refractivity contribution in [3.8, 4) is 0 Å². The number of fused-ring (bicyclic) bond motifs is 1. The zero-order valence-corrected chi connectivity index (χ0v) is 21.6. The molecule has 2 aromatic rings. The van der Waals surface area contributed by atoms with Gasteiger partial charge in [0.15, 0.2) is 0 Å². The number of nitrogens with one attached hydrogen (secondary N) is 3. The second kappa shape index (κ2) is 16.3. The molecule has 2 aliphatic rings. The summed E-state index contributed by atoms with van der Waals surface area (Å²) in [6, 6.07) is 19.8. The second-order valence-corrected chi connectivity index (χ2v) is 9.31. The highest BCUT2D eigenvalue weighted by molar-refractivity contribution is 5.81. The molecule has 0 radical (unpaired) electrons. The number of unbranched alkanes of at least 4 members (excludes halogenated alkanes) is 1. The van der Waals surface area contributed by atoms with Gasteiger partial charge in [0, 0.05) is 25.6 Å². The maximum absolute atomic E-state index is 12.3. The van der Waals surface area contributed by atoms with Gasteiger partial charge in [-0.15, -0.1) is 0 Å². The minimum Gasteiger partial charge on any atom is -0.359 e. The summed E-state index contributed by atoms with van der Waals surface area (Å²) in [5.41, 5.74) is 11.3. The lowest BCUT2D eigenvalue weighted by Crippen LogP contribution is -2.42. The third-order valence-electron chi connectivity index (χ3n) is 6.62. The molecule has 1 saturated heterocycles. The first-order valence-electron chi connectivity index (χ1n) is 13.2. The number of allylic oxidation sites excluding steroid dienone is 4. The number of carbonyl (C=O) groups excluding carboxylic acids is 2. The zero-order chi connectivity index (χ0) is 26.1. The van der Waals surface area contributed by atoms with Crippen molar-refractivity contribution in [3.05, 3.63) is 107 Å². The summed E-state index contributed by atoms with van der Waals surface area (Å²) < 4.78 is 0. The number of hydrogen-bond donors (Lipinski definition) is 4. The lowest BCUT2D eigenvalue weighted by molar-refractivity contribution is -0.122. The molecule has 0 aromatic heterocycles. The third kappa shape index (κ3) is 9.83. The van der Waals surface area contributed by atoms with E-state index < -0.39 is 6.04 Å². The normalized spacial score (nSPS) is 15.2. The van der Waals surface area contributed by atoms with E-state index in [2.05, 4.69) is 64.5 Å². The van der Waals surface area contributed by atoms with Crippen LogP contribution >= 0.6 is 0 Å². The van der Waals surface area contributed by atoms with Crippen LogP contribution in [-0.2, 0) is 9.59 Å². The molecule has 1 fully saturated rings. The van der Waals surface area contributed by atoms with Crippen molar-refractivity contribution in [2.75, 3.05) is 26.2 Å². The zero-order valence-electron chi connectivity index (χ0n) is 21.6. The number of amides is 2. The van der Waals surface area contributed by atoms with Crippen molar-refractivity contribution >= 4 is 12.3 Å². The first-order valence-corrected chi connectivity index (χ1v) is 13.2. The Kier molecular flexibility index (Phi) is 12.4. The van der Waals surface area contributed by atoms with Crippen LogP contribution in [0.5, 0.6) is 0 Å². The number of piperidine rings is 1. The Hall–Kier alpha value is -3.48. The summed E-state index contributed by atoms with van der Waals surface area (Å²) >= 11 is 0. The van der Waals surface area contributed by atoms with Gasteiger partial charge < -0.3 is 21.7 Å². The van der Waals surface area contributed by atoms with Gasteiger partial charge in [-0.05, 0) is 60.9 Å². The van der Waals surface area contributed by atoms with Gasteiger partial charge in [-0.1, -0.05) is 85.0 Å². The van der Waals surface area contributed by atoms with Crippen molar-refractivity contribution in [1.82, 2.24) is 16.0 Å². The molecule has 1 unspecified atom stereocenters. The third-order valence-corrected chi connectivity index (χ3v) is 6.62. The summed E-state index contributed by atoms with van der Waals surface area (Å²) in [4.78, 5) is 22.5. The lowest BCUT2D eigenvalue weighted by atomic mass is 9.91. The van der Waals surface area contributed by atoms with Gasteiger partial charge in [0.1, 0.15) is 0 Å². The maximum Gasteiger partial charge on any atom is 0.236 e. The van der Waals surface area contributed by atoms with Gasteiger partial charge in [0.25, 0.3) is 0 Å². The molecular weight excluding hydrogens is 460 g/mol. The quantitative estimate of drug-likeness (QED) is 0.277. The van der Waals surface area contributed by atoms with Crippen LogP contribution in [0.4, 0.5) is 0 Å². The smallest absolute Gasteiger partial charge is 0.236 e. The molecule has 1 atom stereocenters. The first kappa shape index (κ1) is 28.1. The molecule has 4 rings (SSSR count). The van der Waals surface area contributed by atoms with Crippen LogP contribution in [0.3, 0.4) is 0 Å². The molecule has 1 heterocycles. The highest BCUT2D eigenvalue weighted by atomic mass is 16.2. The van der Waals surface area contributed by atoms with Crippen molar-refractivity contribution in [3.63, 3.8) is 0 Å². The molecule has 196 valence electrons. The van der Waals surface area contributed by atoms with Crippen LogP contribution in [-0.4, -0.2) is 44.5 Å². The van der Waals surface area contributed by atoms with Gasteiger partial charge in [-0.3, -0.25) is 9.59 Å². The predicted molar refractivity (Wildman–Crippen MR) is 151 cm³/mol. The summed E-state index contributed by atoms with van der Waals surface area (Å²) in [7, 11) is 0. The Morgan fingerprint density at radius 2 is 1.70 bits per heavy atom. The number of nitrogens with two attached hydrogens (primary N) is 1. The van der Waals surface area contributed by atoms with Crippen molar-refractivity contribution in [1.29, 1.82) is 0 Å². The fourth-order valence-corrected chi connectivity index (χ4v) is 4.50. The SMILES string of the molecule is C1=CCC=C2CNCCC2=C1.NC(CCCCNC=O)C(=O)NCC(c1ccccc1)c1ccccc1. The molecule has 2 amide bonds. The standard InChI is InChI=1S/C21H27N3O2.C10H13N/c22-20(13-7-8-14-23-16-25)21(26)24-15-19(17-9-3-1-4-10-17)18-11-5-2-6-12-18;1-2-4-9-6-7-11-8-10(9)5-3-1/h1-6,9-12,16,19-20H,7-8,13-15,22H2,(H,23,25)(H,24,26);1-2,4-5,11H,3,6-8H2. The molecule has 0 bridgehead atoms. The van der Waals surface area contributed by atoms with E-state index in [1.165, 1.54) is 17.6 Å². The van der Waals surface area contributed by atoms with Gasteiger partial charge in [0.05, 0.1) is 6.04 Å². The minimum absolute atomic E-state index is 0.0883. The monoisotopic (exact) mass is 500 g/mol. The highest BCUT2D eigenvalue weighted by Gasteiger charge is 2.18. The second-order valence-electron chi connectivity index (χ2n) is 9.31. The Labute approximate surface area is 221 Å². The number of rotatable bonds is 11. The molecule has 6 nitrogen and oxygen atoms in total. The van der Waals surface area contributed by atoms with E-state index in [4.69, 9.17) is 5.73 Å². The fourth-order valence-electron chi connectivity index (χ4n) is 4.50. The van der Waals surface area contributed by atoms with E-state index in [0.29, 0.717) is 25.9 Å². The molecular formula is C31H40N4O2. The van der Waals surface area contributed by atoms with E-state index in [0.717, 1.165) is 43.5 Å². The summed E-state index contributed by atoms with van der Waals surface area (Å²) in [6.45, 7) is 3.32. The molecule has 1 aliphatic carbocycles. The van der Waals surface area contributed by atoms with Crippen LogP contribution < -0.4 is 21.7 Å². The fraction of sp³-hybridized carbons (Fsp3) is 0.355. The van der Waals surface area contributed by atoms with Gasteiger partial charge in [0.2, 0.25) is 12.3 Å². The van der Waals surface area contributed by atoms with Crippen LogP contribution in [0.2, 0.25) is 0 Å². The van der Waals surface area contributed by atoms with Crippen LogP contribution in [0.25, 0.3) is 0 Å². The van der Waals surface area contributed by atoms with Gasteiger partial charge in [-0.2, -0.15) is 0 Å². The number of carbonyl (C=O) groups is 2. The van der Waals surface area contributed by atoms with E-state index in [1.54, 1.807) is 0 Å². The van der Waals surface area contributed by atoms with Crippen molar-refractivity contribution < 1.29 is 9.59 Å². The van der Waals surface area contributed by atoms with E-state index in [9.17, 15) is 9.59 Å². The van der Waals surface area contributed by atoms with Crippen LogP contribution in [0.1, 0.15) is 49.1 Å². The van der Waals surface area contributed by atoms with Crippen LogP contribution in [0.15, 0.2) is 96.1 Å². The van der Waals surface area contributed by atoms with E-state index >= 15 is 0 Å². The molecule has 5 N–H and O–H groups in total. The maximum atomic E-state index is 12.3. The van der Waals surface area contributed by atoms with Crippen molar-refractivity contribution in [2.24, 2.45) is 5.73 Å². The van der Waals surface area contributed by atoms with Crippen molar-refractivity contribution in [2.45, 2.75) is 44.1 Å². The number of hydrogen-bond acceptors (Lipinski definition) is 4. The highest BCUT2D eigenvalue weighted by Crippen LogP contribution is 2.24. The Morgan fingerprint density at radius 1 is 1.00 bits per heavy atom. The minimum atomic E-state index is -0.529. The molecule has 6 heteroatoms. The first-order chi connectivity index (χ1) is 18.2. The molecule has 0 saturated carbocycles. The van der Waals surface area contributed by atoms with Crippen LogP contribution in [0, 0.1) is 0 Å². The Balaban J connectivity index is 0.000000284. The molecule has 0 spiro atoms. The largest absolute Gasteiger partial charge is 0.359 e. The van der Waals surface area contributed by atoms with E-state index in [1.807, 2.05) is 36.4 Å². The number of benzene rings is 2. The summed E-state index contributed by atoms with van der Waals surface area (Å²) in [5, 5.41) is 8.98. The molecule has 37 heavy (non-hydrogen) atoms.